The molecule has 2 atom stereocenters. The lowest BCUT2D eigenvalue weighted by Gasteiger charge is -2.15. The molecule has 98 valence electrons. The van der Waals surface area contributed by atoms with E-state index in [0.29, 0.717) is 28.8 Å². The molecule has 0 saturated carbocycles. The average molecular weight is 316 g/mol. The molecule has 18 heavy (non-hydrogen) atoms. The van der Waals surface area contributed by atoms with E-state index in [0.717, 1.165) is 0 Å². The van der Waals surface area contributed by atoms with E-state index in [-0.39, 0.29) is 11.8 Å². The van der Waals surface area contributed by atoms with E-state index in [1.807, 2.05) is 0 Å². The summed E-state index contributed by atoms with van der Waals surface area (Å²) in [6.45, 7) is 0.415. The first-order valence-corrected chi connectivity index (χ1v) is 6.35. The molecule has 1 aliphatic heterocycles. The molecule has 5 nitrogen and oxygen atoms in total. The summed E-state index contributed by atoms with van der Waals surface area (Å²) in [6, 6.07) is 3.39. The van der Waals surface area contributed by atoms with Gasteiger partial charge in [0.05, 0.1) is 17.5 Å². The minimum absolute atomic E-state index is 0.0513. The minimum Gasteiger partial charge on any atom is -0.504 e. The highest BCUT2D eigenvalue weighted by Gasteiger charge is 2.32. The third-order valence-corrected chi connectivity index (χ3v) is 3.80. The van der Waals surface area contributed by atoms with Gasteiger partial charge in [0.1, 0.15) is 0 Å². The zero-order valence-electron chi connectivity index (χ0n) is 9.81. The van der Waals surface area contributed by atoms with Gasteiger partial charge >= 0.3 is 5.97 Å². The van der Waals surface area contributed by atoms with Crippen molar-refractivity contribution in [2.24, 2.45) is 5.92 Å². The fourth-order valence-corrected chi connectivity index (χ4v) is 2.68. The molecule has 1 fully saturated rings. The lowest BCUT2D eigenvalue weighted by atomic mass is 9.99. The third-order valence-electron chi connectivity index (χ3n) is 3.17. The van der Waals surface area contributed by atoms with E-state index in [2.05, 4.69) is 21.2 Å². The van der Waals surface area contributed by atoms with E-state index >= 15 is 0 Å². The fourth-order valence-electron chi connectivity index (χ4n) is 2.20. The van der Waals surface area contributed by atoms with E-state index in [1.54, 1.807) is 12.1 Å². The van der Waals surface area contributed by atoms with Crippen molar-refractivity contribution in [1.82, 2.24) is 5.32 Å². The molecule has 1 aliphatic rings. The Bertz CT molecular complexity index is 477. The zero-order valence-corrected chi connectivity index (χ0v) is 11.4. The Balaban J connectivity index is 2.28. The number of halogens is 1. The number of methoxy groups -OCH3 is 1. The van der Waals surface area contributed by atoms with Crippen molar-refractivity contribution in [2.45, 2.75) is 12.5 Å². The maximum atomic E-state index is 10.9. The van der Waals surface area contributed by atoms with E-state index in [4.69, 9.17) is 9.84 Å². The summed E-state index contributed by atoms with van der Waals surface area (Å²) in [5, 5.41) is 22.2. The zero-order chi connectivity index (χ0) is 13.3. The largest absolute Gasteiger partial charge is 0.504 e. The van der Waals surface area contributed by atoms with Gasteiger partial charge in [-0.25, -0.2) is 0 Å². The molecule has 2 unspecified atom stereocenters. The first-order chi connectivity index (χ1) is 8.54. The Morgan fingerprint density at radius 2 is 2.28 bits per heavy atom. The van der Waals surface area contributed by atoms with Crippen LogP contribution in [0.3, 0.4) is 0 Å². The van der Waals surface area contributed by atoms with Crippen molar-refractivity contribution in [3.05, 3.63) is 22.2 Å². The molecule has 0 aromatic heterocycles. The topological polar surface area (TPSA) is 78.8 Å². The van der Waals surface area contributed by atoms with Gasteiger partial charge in [0.25, 0.3) is 0 Å². The van der Waals surface area contributed by atoms with Crippen LogP contribution in [-0.2, 0) is 4.79 Å². The number of phenolic OH excluding ortho intramolecular Hbond substituents is 1. The lowest BCUT2D eigenvalue weighted by Crippen LogP contribution is -2.17. The lowest BCUT2D eigenvalue weighted by molar-refractivity contribution is -0.141. The molecule has 3 N–H and O–H groups in total. The number of nitrogens with one attached hydrogen (secondary N) is 1. The second-order valence-corrected chi connectivity index (χ2v) is 5.10. The van der Waals surface area contributed by atoms with Gasteiger partial charge in [0, 0.05) is 18.2 Å². The van der Waals surface area contributed by atoms with Crippen molar-refractivity contribution in [1.29, 1.82) is 0 Å². The monoisotopic (exact) mass is 315 g/mol. The Kier molecular flexibility index (Phi) is 3.77. The first-order valence-electron chi connectivity index (χ1n) is 5.56. The Morgan fingerprint density at radius 3 is 2.83 bits per heavy atom. The highest BCUT2D eigenvalue weighted by molar-refractivity contribution is 9.10. The van der Waals surface area contributed by atoms with Crippen LogP contribution in [0.15, 0.2) is 16.6 Å². The van der Waals surface area contributed by atoms with Gasteiger partial charge in [0.15, 0.2) is 11.5 Å². The molecule has 1 saturated heterocycles. The highest BCUT2D eigenvalue weighted by atomic mass is 79.9. The molecule has 1 aromatic carbocycles. The quantitative estimate of drug-likeness (QED) is 0.794. The van der Waals surface area contributed by atoms with Crippen LogP contribution in [0, 0.1) is 5.92 Å². The second-order valence-electron chi connectivity index (χ2n) is 4.25. The van der Waals surface area contributed by atoms with Gasteiger partial charge in [-0.1, -0.05) is 6.07 Å². The van der Waals surface area contributed by atoms with E-state index in [9.17, 15) is 9.90 Å². The maximum Gasteiger partial charge on any atom is 0.307 e. The van der Waals surface area contributed by atoms with E-state index in [1.165, 1.54) is 7.11 Å². The smallest absolute Gasteiger partial charge is 0.307 e. The summed E-state index contributed by atoms with van der Waals surface area (Å²) < 4.78 is 5.78. The maximum absolute atomic E-state index is 10.9. The molecular formula is C12H14BrNO4. The SMILES string of the molecule is COc1c(Br)ccc(C2CC(C(=O)O)CN2)c1O. The van der Waals surface area contributed by atoms with Crippen LogP contribution in [-0.4, -0.2) is 29.8 Å². The summed E-state index contributed by atoms with van der Waals surface area (Å²) in [7, 11) is 1.48. The number of benzene rings is 1. The number of hydrogen-bond donors (Lipinski definition) is 3. The number of carbonyl (C=O) groups is 1. The molecule has 2 rings (SSSR count). The summed E-state index contributed by atoms with van der Waals surface area (Å²) >= 11 is 3.29. The van der Waals surface area contributed by atoms with Crippen LogP contribution in [0.5, 0.6) is 11.5 Å². The van der Waals surface area contributed by atoms with Gasteiger partial charge in [-0.05, 0) is 28.4 Å². The summed E-state index contributed by atoms with van der Waals surface area (Å²) in [4.78, 5) is 10.9. The molecular weight excluding hydrogens is 302 g/mol. The van der Waals surface area contributed by atoms with Crippen molar-refractivity contribution in [3.63, 3.8) is 0 Å². The number of hydrogen-bond acceptors (Lipinski definition) is 4. The fraction of sp³-hybridized carbons (Fsp3) is 0.417. The van der Waals surface area contributed by atoms with Crippen LogP contribution >= 0.6 is 15.9 Å². The number of ether oxygens (including phenoxy) is 1. The average Bonchev–Trinajstić information content (AvgIpc) is 2.79. The molecule has 0 radical (unpaired) electrons. The number of carboxylic acids is 1. The second kappa shape index (κ2) is 5.16. The molecule has 0 spiro atoms. The number of phenols is 1. The van der Waals surface area contributed by atoms with Gasteiger partial charge in [-0.2, -0.15) is 0 Å². The molecule has 1 aromatic rings. The molecule has 0 aliphatic carbocycles. The van der Waals surface area contributed by atoms with Crippen molar-refractivity contribution in [3.8, 4) is 11.5 Å². The predicted octanol–water partition coefficient (Wildman–Crippen LogP) is 1.90. The first kappa shape index (κ1) is 13.2. The highest BCUT2D eigenvalue weighted by Crippen LogP contribution is 2.42. The van der Waals surface area contributed by atoms with Crippen molar-refractivity contribution < 1.29 is 19.7 Å². The Labute approximate surface area is 113 Å². The molecule has 0 bridgehead atoms. The van der Waals surface area contributed by atoms with Crippen LogP contribution in [0.25, 0.3) is 0 Å². The van der Waals surface area contributed by atoms with E-state index < -0.39 is 11.9 Å². The Hall–Kier alpha value is -1.27. The normalized spacial score (nSPS) is 23.0. The van der Waals surface area contributed by atoms with Crippen molar-refractivity contribution in [2.75, 3.05) is 13.7 Å². The van der Waals surface area contributed by atoms with Gasteiger partial charge < -0.3 is 20.3 Å². The van der Waals surface area contributed by atoms with Crippen molar-refractivity contribution >= 4 is 21.9 Å². The molecule has 1 heterocycles. The summed E-state index contributed by atoms with van der Waals surface area (Å²) in [5.74, 6) is -0.805. The van der Waals surface area contributed by atoms with Gasteiger partial charge in [-0.15, -0.1) is 0 Å². The van der Waals surface area contributed by atoms with Gasteiger partial charge in [-0.3, -0.25) is 4.79 Å². The van der Waals surface area contributed by atoms with Gasteiger partial charge in [0.2, 0.25) is 0 Å². The minimum atomic E-state index is -0.812. The summed E-state index contributed by atoms with van der Waals surface area (Å²) in [6.07, 6.45) is 0.466. The van der Waals surface area contributed by atoms with Crippen LogP contribution < -0.4 is 10.1 Å². The standard InChI is InChI=1S/C12H14BrNO4/c1-18-11-8(13)3-2-7(10(11)15)9-4-6(5-14-9)12(16)17/h2-3,6,9,14-15H,4-5H2,1H3,(H,16,17). The van der Waals surface area contributed by atoms with Crippen LogP contribution in [0.4, 0.5) is 0 Å². The molecule has 0 amide bonds. The number of aliphatic carboxylic acids is 1. The molecule has 6 heteroatoms. The number of rotatable bonds is 3. The third kappa shape index (κ3) is 2.30. The summed E-state index contributed by atoms with van der Waals surface area (Å²) in [5.41, 5.74) is 0.666. The number of carboxylic acid groups (broad SMARTS) is 1. The predicted molar refractivity (Wildman–Crippen MR) is 68.8 cm³/mol. The Morgan fingerprint density at radius 1 is 1.56 bits per heavy atom. The number of aromatic hydroxyl groups is 1. The van der Waals surface area contributed by atoms with Crippen LogP contribution in [0.1, 0.15) is 18.0 Å². The van der Waals surface area contributed by atoms with Crippen LogP contribution in [0.2, 0.25) is 0 Å².